The second kappa shape index (κ2) is 7.75. The Bertz CT molecular complexity index is 496. The Kier molecular flexibility index (Phi) is 6.26. The summed E-state index contributed by atoms with van der Waals surface area (Å²) in [6.45, 7) is 0.328. The van der Waals surface area contributed by atoms with E-state index in [4.69, 9.17) is 16.9 Å². The van der Waals surface area contributed by atoms with Gasteiger partial charge in [-0.2, -0.15) is 5.26 Å². The van der Waals surface area contributed by atoms with Gasteiger partial charge in [0.15, 0.2) is 0 Å². The third kappa shape index (κ3) is 4.40. The molecule has 0 bridgehead atoms. The van der Waals surface area contributed by atoms with Gasteiger partial charge in [0.25, 0.3) is 5.91 Å². The van der Waals surface area contributed by atoms with Crippen LogP contribution >= 0.6 is 27.5 Å². The van der Waals surface area contributed by atoms with Gasteiger partial charge in [0.1, 0.15) is 11.6 Å². The number of alkyl halides is 1. The standard InChI is InChI=1S/C12H11BrClN3O/c13-10-3-1-2-4-11(10)17-8-9(7-15)12(18)16-6-5-14/h1-4,8,17H,5-6H2,(H,16,18)/b9-8-. The molecule has 1 aromatic rings. The van der Waals surface area contributed by atoms with Gasteiger partial charge in [0, 0.05) is 23.1 Å². The van der Waals surface area contributed by atoms with E-state index in [1.54, 1.807) is 0 Å². The van der Waals surface area contributed by atoms with Crippen molar-refractivity contribution in [2.24, 2.45) is 0 Å². The lowest BCUT2D eigenvalue weighted by molar-refractivity contribution is -0.117. The fourth-order valence-corrected chi connectivity index (χ4v) is 1.63. The minimum absolute atomic E-state index is 0.00382. The van der Waals surface area contributed by atoms with Gasteiger partial charge in [-0.25, -0.2) is 0 Å². The molecule has 0 heterocycles. The maximum Gasteiger partial charge on any atom is 0.263 e. The zero-order chi connectivity index (χ0) is 13.4. The number of nitrogens with one attached hydrogen (secondary N) is 2. The van der Waals surface area contributed by atoms with Crippen molar-refractivity contribution in [2.45, 2.75) is 0 Å². The zero-order valence-electron chi connectivity index (χ0n) is 9.41. The molecule has 94 valence electrons. The summed E-state index contributed by atoms with van der Waals surface area (Å²) in [5.41, 5.74) is 0.770. The van der Waals surface area contributed by atoms with Crippen LogP contribution < -0.4 is 10.6 Å². The number of nitrogens with zero attached hydrogens (tertiary/aromatic N) is 1. The molecular formula is C12H11BrClN3O. The van der Waals surface area contributed by atoms with Crippen LogP contribution in [0.15, 0.2) is 40.5 Å². The minimum atomic E-state index is -0.447. The SMILES string of the molecule is N#C/C(=C/Nc1ccccc1Br)C(=O)NCCCl. The fourth-order valence-electron chi connectivity index (χ4n) is 1.13. The molecule has 1 rings (SSSR count). The first-order chi connectivity index (χ1) is 8.69. The number of hydrogen-bond acceptors (Lipinski definition) is 3. The fraction of sp³-hybridized carbons (Fsp3) is 0.167. The number of anilines is 1. The van der Waals surface area contributed by atoms with Crippen LogP contribution in [0.25, 0.3) is 0 Å². The number of carbonyl (C=O) groups is 1. The normalized spacial score (nSPS) is 10.6. The van der Waals surface area contributed by atoms with Gasteiger partial charge < -0.3 is 10.6 Å². The predicted octanol–water partition coefficient (Wildman–Crippen LogP) is 2.62. The molecule has 1 aromatic carbocycles. The summed E-state index contributed by atoms with van der Waals surface area (Å²) in [5.74, 6) is -0.139. The molecule has 0 atom stereocenters. The van der Waals surface area contributed by atoms with Crippen molar-refractivity contribution < 1.29 is 4.79 Å². The molecule has 0 fully saturated rings. The Balaban J connectivity index is 2.72. The van der Waals surface area contributed by atoms with E-state index >= 15 is 0 Å². The summed E-state index contributed by atoms with van der Waals surface area (Å²) in [6, 6.07) is 9.23. The van der Waals surface area contributed by atoms with Gasteiger partial charge in [0.2, 0.25) is 0 Å². The van der Waals surface area contributed by atoms with Crippen molar-refractivity contribution in [3.63, 3.8) is 0 Å². The molecule has 0 saturated carbocycles. The number of rotatable bonds is 5. The molecule has 6 heteroatoms. The lowest BCUT2D eigenvalue weighted by Crippen LogP contribution is -2.26. The van der Waals surface area contributed by atoms with Crippen molar-refractivity contribution in [1.82, 2.24) is 5.32 Å². The first-order valence-electron chi connectivity index (χ1n) is 5.14. The van der Waals surface area contributed by atoms with Gasteiger partial charge >= 0.3 is 0 Å². The van der Waals surface area contributed by atoms with Crippen LogP contribution in [-0.2, 0) is 4.79 Å². The number of benzene rings is 1. The number of para-hydroxylation sites is 1. The Morgan fingerprint density at radius 1 is 1.50 bits per heavy atom. The van der Waals surface area contributed by atoms with Crippen molar-refractivity contribution in [3.8, 4) is 6.07 Å². The second-order valence-electron chi connectivity index (χ2n) is 3.24. The molecule has 0 aliphatic rings. The van der Waals surface area contributed by atoms with E-state index in [2.05, 4.69) is 26.6 Å². The molecule has 0 saturated heterocycles. The highest BCUT2D eigenvalue weighted by atomic mass is 79.9. The number of nitriles is 1. The topological polar surface area (TPSA) is 64.9 Å². The van der Waals surface area contributed by atoms with Crippen LogP contribution in [0.3, 0.4) is 0 Å². The largest absolute Gasteiger partial charge is 0.359 e. The second-order valence-corrected chi connectivity index (χ2v) is 4.47. The van der Waals surface area contributed by atoms with Gasteiger partial charge in [0.05, 0.1) is 5.69 Å². The van der Waals surface area contributed by atoms with Gasteiger partial charge in [-0.05, 0) is 28.1 Å². The molecule has 1 amide bonds. The highest BCUT2D eigenvalue weighted by Gasteiger charge is 2.07. The molecule has 0 unspecified atom stereocenters. The lowest BCUT2D eigenvalue weighted by Gasteiger charge is -2.05. The molecule has 0 spiro atoms. The van der Waals surface area contributed by atoms with Crippen molar-refractivity contribution in [2.75, 3.05) is 17.7 Å². The minimum Gasteiger partial charge on any atom is -0.359 e. The van der Waals surface area contributed by atoms with E-state index in [1.807, 2.05) is 30.3 Å². The van der Waals surface area contributed by atoms with Crippen LogP contribution in [-0.4, -0.2) is 18.3 Å². The molecule has 4 nitrogen and oxygen atoms in total. The van der Waals surface area contributed by atoms with E-state index in [1.165, 1.54) is 6.20 Å². The first-order valence-corrected chi connectivity index (χ1v) is 6.47. The maximum atomic E-state index is 11.5. The summed E-state index contributed by atoms with van der Waals surface area (Å²) < 4.78 is 0.847. The lowest BCUT2D eigenvalue weighted by atomic mass is 10.3. The highest BCUT2D eigenvalue weighted by molar-refractivity contribution is 9.10. The predicted molar refractivity (Wildman–Crippen MR) is 75.2 cm³/mol. The molecule has 18 heavy (non-hydrogen) atoms. The number of carbonyl (C=O) groups excluding carboxylic acids is 1. The monoisotopic (exact) mass is 327 g/mol. The highest BCUT2D eigenvalue weighted by Crippen LogP contribution is 2.21. The van der Waals surface area contributed by atoms with Crippen molar-refractivity contribution in [1.29, 1.82) is 5.26 Å². The van der Waals surface area contributed by atoms with Gasteiger partial charge in [-0.3, -0.25) is 4.79 Å². The van der Waals surface area contributed by atoms with Crippen LogP contribution in [0.5, 0.6) is 0 Å². The smallest absolute Gasteiger partial charge is 0.263 e. The van der Waals surface area contributed by atoms with Gasteiger partial charge in [-0.1, -0.05) is 12.1 Å². The molecule has 0 aromatic heterocycles. The molecule has 0 aliphatic heterocycles. The first kappa shape index (κ1) is 14.6. The van der Waals surface area contributed by atoms with Crippen LogP contribution in [0.1, 0.15) is 0 Å². The molecular weight excluding hydrogens is 318 g/mol. The molecule has 0 aliphatic carbocycles. The number of amides is 1. The zero-order valence-corrected chi connectivity index (χ0v) is 11.8. The van der Waals surface area contributed by atoms with Crippen molar-refractivity contribution in [3.05, 3.63) is 40.5 Å². The summed E-state index contributed by atoms with van der Waals surface area (Å²) in [5, 5.41) is 14.3. The van der Waals surface area contributed by atoms with E-state index < -0.39 is 5.91 Å². The Morgan fingerprint density at radius 3 is 2.83 bits per heavy atom. The maximum absolute atomic E-state index is 11.5. The third-order valence-corrected chi connectivity index (χ3v) is 2.87. The molecule has 2 N–H and O–H groups in total. The van der Waals surface area contributed by atoms with E-state index in [9.17, 15) is 4.79 Å². The number of halogens is 2. The average molecular weight is 329 g/mol. The summed E-state index contributed by atoms with van der Waals surface area (Å²) >= 11 is 8.80. The van der Waals surface area contributed by atoms with E-state index in [0.29, 0.717) is 12.4 Å². The number of hydrogen-bond donors (Lipinski definition) is 2. The van der Waals surface area contributed by atoms with E-state index in [-0.39, 0.29) is 5.57 Å². The van der Waals surface area contributed by atoms with Crippen LogP contribution in [0.4, 0.5) is 5.69 Å². The Hall–Kier alpha value is -1.51. The average Bonchev–Trinajstić information content (AvgIpc) is 2.39. The van der Waals surface area contributed by atoms with Crippen LogP contribution in [0.2, 0.25) is 0 Å². The quantitative estimate of drug-likeness (QED) is 0.496. The molecule has 0 radical (unpaired) electrons. The Morgan fingerprint density at radius 2 is 2.22 bits per heavy atom. The Labute approximate surface area is 119 Å². The third-order valence-electron chi connectivity index (χ3n) is 1.99. The van der Waals surface area contributed by atoms with E-state index in [0.717, 1.165) is 10.2 Å². The summed E-state index contributed by atoms with van der Waals surface area (Å²) in [4.78, 5) is 11.5. The summed E-state index contributed by atoms with van der Waals surface area (Å²) in [7, 11) is 0. The van der Waals surface area contributed by atoms with Crippen LogP contribution in [0, 0.1) is 11.3 Å². The summed E-state index contributed by atoms with van der Waals surface area (Å²) in [6.07, 6.45) is 1.36. The van der Waals surface area contributed by atoms with Crippen molar-refractivity contribution >= 4 is 39.1 Å². The van der Waals surface area contributed by atoms with Gasteiger partial charge in [-0.15, -0.1) is 11.6 Å².